The van der Waals surface area contributed by atoms with Crippen LogP contribution in [0.25, 0.3) is 0 Å². The van der Waals surface area contributed by atoms with E-state index < -0.39 is 0 Å². The predicted molar refractivity (Wildman–Crippen MR) is 115 cm³/mol. The summed E-state index contributed by atoms with van der Waals surface area (Å²) >= 11 is 0. The zero-order valence-corrected chi connectivity index (χ0v) is 18.0. The number of hydrogen-bond donors (Lipinski definition) is 2. The lowest BCUT2D eigenvalue weighted by atomic mass is 9.81. The molecule has 2 atom stereocenters. The van der Waals surface area contributed by atoms with Crippen LogP contribution in [0.5, 0.6) is 11.5 Å². The fourth-order valence-corrected chi connectivity index (χ4v) is 4.75. The number of nitrogens with zero attached hydrogens (tertiary/aromatic N) is 2. The van der Waals surface area contributed by atoms with Gasteiger partial charge in [0, 0.05) is 44.2 Å². The summed E-state index contributed by atoms with van der Waals surface area (Å²) in [6, 6.07) is 5.51. The Morgan fingerprint density at radius 3 is 2.69 bits per heavy atom. The van der Waals surface area contributed by atoms with Gasteiger partial charge < -0.3 is 20.1 Å². The van der Waals surface area contributed by atoms with Crippen LogP contribution in [0.2, 0.25) is 0 Å². The lowest BCUT2D eigenvalue weighted by molar-refractivity contribution is -0.123. The highest BCUT2D eigenvalue weighted by Gasteiger charge is 2.30. The van der Waals surface area contributed by atoms with Gasteiger partial charge in [-0.05, 0) is 56.8 Å². The third-order valence-electron chi connectivity index (χ3n) is 6.58. The topological polar surface area (TPSA) is 65.0 Å². The average molecular weight is 404 g/mol. The van der Waals surface area contributed by atoms with Crippen LogP contribution < -0.4 is 10.1 Å². The Morgan fingerprint density at radius 2 is 2.00 bits per heavy atom. The molecule has 6 heteroatoms. The Kier molecular flexibility index (Phi) is 8.19. The number of hydrogen-bond acceptors (Lipinski definition) is 5. The lowest BCUT2D eigenvalue weighted by Crippen LogP contribution is -2.42. The third kappa shape index (κ3) is 6.34. The van der Waals surface area contributed by atoms with Crippen molar-refractivity contribution in [2.75, 3.05) is 46.4 Å². The average Bonchev–Trinajstić information content (AvgIpc) is 3.24. The van der Waals surface area contributed by atoms with Crippen LogP contribution in [0.15, 0.2) is 18.2 Å². The van der Waals surface area contributed by atoms with Crippen molar-refractivity contribution in [1.29, 1.82) is 0 Å². The van der Waals surface area contributed by atoms with Gasteiger partial charge in [-0.1, -0.05) is 19.4 Å². The second-order valence-electron chi connectivity index (χ2n) is 8.55. The Balaban J connectivity index is 1.44. The minimum absolute atomic E-state index is 0.203. The molecule has 0 aliphatic carbocycles. The van der Waals surface area contributed by atoms with Gasteiger partial charge in [-0.15, -0.1) is 0 Å². The first-order valence-corrected chi connectivity index (χ1v) is 11.2. The number of phenolic OH excluding ortho intramolecular Hbond substituents is 1. The third-order valence-corrected chi connectivity index (χ3v) is 6.58. The fraction of sp³-hybridized carbons (Fsp3) is 0.696. The van der Waals surface area contributed by atoms with E-state index in [-0.39, 0.29) is 11.7 Å². The molecule has 1 amide bonds. The molecule has 29 heavy (non-hydrogen) atoms. The minimum Gasteiger partial charge on any atom is -0.507 e. The molecule has 3 rings (SSSR count). The van der Waals surface area contributed by atoms with E-state index in [0.29, 0.717) is 24.0 Å². The van der Waals surface area contributed by atoms with Gasteiger partial charge >= 0.3 is 0 Å². The Labute approximate surface area is 175 Å². The fourth-order valence-electron chi connectivity index (χ4n) is 4.75. The molecule has 6 nitrogen and oxygen atoms in total. The zero-order chi connectivity index (χ0) is 20.6. The van der Waals surface area contributed by atoms with Crippen molar-refractivity contribution in [1.82, 2.24) is 15.1 Å². The van der Waals surface area contributed by atoms with Crippen LogP contribution in [0.3, 0.4) is 0 Å². The van der Waals surface area contributed by atoms with Crippen molar-refractivity contribution in [2.45, 2.75) is 45.6 Å². The SMILES string of the molecule is CC[C@@H]1CN(Cc2ccc(OC)cc2O)CC[C@H]1CC(=O)NCCN1CCCC1. The monoisotopic (exact) mass is 403 g/mol. The van der Waals surface area contributed by atoms with Gasteiger partial charge in [0.1, 0.15) is 11.5 Å². The number of nitrogens with one attached hydrogen (secondary N) is 1. The number of carbonyl (C=O) groups excluding carboxylic acids is 1. The van der Waals surface area contributed by atoms with Crippen molar-refractivity contribution in [2.24, 2.45) is 11.8 Å². The van der Waals surface area contributed by atoms with Gasteiger partial charge in [-0.3, -0.25) is 9.69 Å². The maximum atomic E-state index is 12.4. The van der Waals surface area contributed by atoms with Gasteiger partial charge in [0.2, 0.25) is 5.91 Å². The van der Waals surface area contributed by atoms with Gasteiger partial charge in [0.05, 0.1) is 7.11 Å². The Hall–Kier alpha value is -1.79. The maximum Gasteiger partial charge on any atom is 0.220 e. The van der Waals surface area contributed by atoms with Crippen molar-refractivity contribution in [3.05, 3.63) is 23.8 Å². The number of ether oxygens (including phenoxy) is 1. The van der Waals surface area contributed by atoms with Crippen LogP contribution in [0, 0.1) is 11.8 Å². The second-order valence-corrected chi connectivity index (χ2v) is 8.55. The molecule has 2 fully saturated rings. The van der Waals surface area contributed by atoms with Crippen molar-refractivity contribution in [3.8, 4) is 11.5 Å². The molecular weight excluding hydrogens is 366 g/mol. The summed E-state index contributed by atoms with van der Waals surface area (Å²) < 4.78 is 5.17. The van der Waals surface area contributed by atoms with Gasteiger partial charge in [0.25, 0.3) is 0 Å². The van der Waals surface area contributed by atoms with Gasteiger partial charge in [0.15, 0.2) is 0 Å². The first kappa shape index (κ1) is 21.9. The second kappa shape index (κ2) is 10.8. The first-order chi connectivity index (χ1) is 14.1. The number of methoxy groups -OCH3 is 1. The minimum atomic E-state index is 0.203. The zero-order valence-electron chi connectivity index (χ0n) is 18.0. The van der Waals surface area contributed by atoms with E-state index in [9.17, 15) is 9.90 Å². The maximum absolute atomic E-state index is 12.4. The molecule has 2 saturated heterocycles. The number of phenols is 1. The van der Waals surface area contributed by atoms with Crippen LogP contribution in [0.4, 0.5) is 0 Å². The molecule has 2 aliphatic rings. The molecule has 2 N–H and O–H groups in total. The molecule has 0 unspecified atom stereocenters. The van der Waals surface area contributed by atoms with Crippen LogP contribution in [-0.4, -0.2) is 67.2 Å². The largest absolute Gasteiger partial charge is 0.507 e. The molecule has 2 aliphatic heterocycles. The first-order valence-electron chi connectivity index (χ1n) is 11.2. The predicted octanol–water partition coefficient (Wildman–Crippen LogP) is 2.85. The number of benzene rings is 1. The van der Waals surface area contributed by atoms with Crippen LogP contribution >= 0.6 is 0 Å². The number of aromatic hydroxyl groups is 1. The Morgan fingerprint density at radius 1 is 1.21 bits per heavy atom. The highest BCUT2D eigenvalue weighted by Crippen LogP contribution is 2.31. The summed E-state index contributed by atoms with van der Waals surface area (Å²) in [5, 5.41) is 13.4. The van der Waals surface area contributed by atoms with Crippen molar-refractivity contribution < 1.29 is 14.6 Å². The summed E-state index contributed by atoms with van der Waals surface area (Å²) in [4.78, 5) is 17.3. The van der Waals surface area contributed by atoms with Crippen molar-refractivity contribution in [3.63, 3.8) is 0 Å². The highest BCUT2D eigenvalue weighted by molar-refractivity contribution is 5.76. The quantitative estimate of drug-likeness (QED) is 0.664. The van der Waals surface area contributed by atoms with E-state index in [0.717, 1.165) is 51.1 Å². The molecule has 1 aromatic rings. The molecule has 0 radical (unpaired) electrons. The number of rotatable bonds is 9. The molecule has 0 aromatic heterocycles. The van der Waals surface area contributed by atoms with E-state index in [1.54, 1.807) is 13.2 Å². The molecule has 0 saturated carbocycles. The summed E-state index contributed by atoms with van der Waals surface area (Å²) in [5.41, 5.74) is 0.929. The standard InChI is InChI=1S/C23H37N3O3/c1-3-18-16-26(17-20-6-7-21(29-2)15-22(20)27)12-8-19(18)14-23(28)24-9-13-25-10-4-5-11-25/h6-7,15,18-19,27H,3-5,8-14,16-17H2,1-2H3,(H,24,28)/t18-,19+/m1/s1. The summed E-state index contributed by atoms with van der Waals surface area (Å²) in [6.07, 6.45) is 5.34. The van der Waals surface area contributed by atoms with E-state index >= 15 is 0 Å². The smallest absolute Gasteiger partial charge is 0.220 e. The van der Waals surface area contributed by atoms with Crippen LogP contribution in [0.1, 0.15) is 44.6 Å². The molecule has 0 bridgehead atoms. The van der Waals surface area contributed by atoms with E-state index in [4.69, 9.17) is 4.74 Å². The normalized spacial score (nSPS) is 23.2. The molecule has 162 valence electrons. The van der Waals surface area contributed by atoms with Gasteiger partial charge in [-0.25, -0.2) is 0 Å². The molecule has 0 spiro atoms. The van der Waals surface area contributed by atoms with E-state index in [1.165, 1.54) is 25.9 Å². The van der Waals surface area contributed by atoms with Crippen molar-refractivity contribution >= 4 is 5.91 Å². The summed E-state index contributed by atoms with van der Waals surface area (Å²) in [6.45, 7) is 9.00. The summed E-state index contributed by atoms with van der Waals surface area (Å²) in [5.74, 6) is 2.14. The lowest BCUT2D eigenvalue weighted by Gasteiger charge is -2.38. The number of amides is 1. The number of likely N-dealkylation sites (tertiary alicyclic amines) is 2. The number of carbonyl (C=O) groups is 1. The number of piperidine rings is 1. The molecular formula is C23H37N3O3. The highest BCUT2D eigenvalue weighted by atomic mass is 16.5. The van der Waals surface area contributed by atoms with Crippen LogP contribution in [-0.2, 0) is 11.3 Å². The Bertz CT molecular complexity index is 661. The van der Waals surface area contributed by atoms with Gasteiger partial charge in [-0.2, -0.15) is 0 Å². The summed E-state index contributed by atoms with van der Waals surface area (Å²) in [7, 11) is 1.60. The van der Waals surface area contributed by atoms with E-state index in [1.807, 2.05) is 12.1 Å². The molecule has 2 heterocycles. The van der Waals surface area contributed by atoms with E-state index in [2.05, 4.69) is 22.0 Å². The molecule has 1 aromatic carbocycles.